The van der Waals surface area contributed by atoms with Gasteiger partial charge in [0.15, 0.2) is 0 Å². The van der Waals surface area contributed by atoms with Crippen molar-refractivity contribution in [1.82, 2.24) is 20.4 Å². The summed E-state index contributed by atoms with van der Waals surface area (Å²) in [5, 5.41) is 25.0. The molecule has 2 aromatic carbocycles. The van der Waals surface area contributed by atoms with Crippen LogP contribution in [-0.2, 0) is 44.8 Å². The van der Waals surface area contributed by atoms with E-state index in [1.165, 1.54) is 81.9 Å². The third kappa shape index (κ3) is 6.93. The zero-order chi connectivity index (χ0) is 37.7. The number of fused-ring (bicyclic) bond motifs is 2. The molecule has 19 heteroatoms. The van der Waals surface area contributed by atoms with E-state index in [4.69, 9.17) is 14.2 Å². The Morgan fingerprint density at radius 1 is 0.923 bits per heavy atom. The summed E-state index contributed by atoms with van der Waals surface area (Å²) in [7, 11) is 0. The molecule has 0 radical (unpaired) electrons. The average molecular weight is 758 g/mol. The van der Waals surface area contributed by atoms with Crippen molar-refractivity contribution >= 4 is 65.0 Å². The number of benzene rings is 2. The number of hydrogen-bond acceptors (Lipinski definition) is 14. The van der Waals surface area contributed by atoms with Crippen molar-refractivity contribution in [2.24, 2.45) is 0 Å². The number of nitro benzene ring substituents is 1. The van der Waals surface area contributed by atoms with Crippen LogP contribution in [0.15, 0.2) is 48.5 Å². The number of rotatable bonds is 11. The molecule has 52 heavy (non-hydrogen) atoms. The predicted octanol–water partition coefficient (Wildman–Crippen LogP) is 2.31. The highest BCUT2D eigenvalue weighted by Crippen LogP contribution is 2.52. The number of phenolic OH excluding ortho intramolecular Hbond substituents is 1. The Bertz CT molecular complexity index is 1820. The van der Waals surface area contributed by atoms with Gasteiger partial charge in [-0.3, -0.25) is 24.5 Å². The van der Waals surface area contributed by atoms with Crippen LogP contribution in [0.5, 0.6) is 5.75 Å². The molecule has 0 saturated carbocycles. The van der Waals surface area contributed by atoms with Crippen LogP contribution in [-0.4, -0.2) is 101 Å². The van der Waals surface area contributed by atoms with Crippen LogP contribution in [0, 0.1) is 10.1 Å². The maximum absolute atomic E-state index is 13.6. The van der Waals surface area contributed by atoms with Crippen molar-refractivity contribution in [3.63, 3.8) is 0 Å². The van der Waals surface area contributed by atoms with Gasteiger partial charge < -0.3 is 39.8 Å². The van der Waals surface area contributed by atoms with Crippen LogP contribution in [0.3, 0.4) is 0 Å². The molecule has 0 bridgehead atoms. The molecule has 17 nitrogen and oxygen atoms in total. The summed E-state index contributed by atoms with van der Waals surface area (Å²) < 4.78 is 14.3. The Kier molecular flexibility index (Phi) is 9.77. The molecule has 2 aromatic rings. The summed E-state index contributed by atoms with van der Waals surface area (Å²) >= 11 is 2.76. The first-order chi connectivity index (χ1) is 24.5. The number of alkyl carbamates (subject to hydrolysis) is 1. The van der Waals surface area contributed by atoms with Gasteiger partial charge in [-0.2, -0.15) is 0 Å². The summed E-state index contributed by atoms with van der Waals surface area (Å²) in [5.74, 6) is -3.11. The van der Waals surface area contributed by atoms with Gasteiger partial charge in [0.25, 0.3) is 5.69 Å². The molecule has 0 aliphatic carbocycles. The zero-order valence-corrected chi connectivity index (χ0v) is 29.9. The summed E-state index contributed by atoms with van der Waals surface area (Å²) in [4.78, 5) is 91.3. The Labute approximate surface area is 305 Å². The smallest absolute Gasteiger partial charge is 0.408 e. The van der Waals surface area contributed by atoms with E-state index in [-0.39, 0.29) is 34.9 Å². The van der Waals surface area contributed by atoms with Gasteiger partial charge in [-0.1, -0.05) is 12.1 Å². The number of nitrogens with one attached hydrogen (secondary N) is 2. The SMILES string of the molecule is CC1(C)S[C@@H]2[C@H](NC(=O)C(NC(=O)OCc3ccc([N+](=O)[O-])cc3)c3ccc(O)cc3)C(=O)N2[C@H]1C(=O)OCOC(=O)[C@@H]1N2C(=O)C[C@H]2SC1(C)C. The fourth-order valence-electron chi connectivity index (χ4n) is 6.61. The van der Waals surface area contributed by atoms with E-state index < -0.39 is 80.6 Å². The van der Waals surface area contributed by atoms with Crippen LogP contribution < -0.4 is 10.6 Å². The molecular weight excluding hydrogens is 723 g/mol. The van der Waals surface area contributed by atoms with Gasteiger partial charge in [0.1, 0.15) is 41.9 Å². The van der Waals surface area contributed by atoms with Crippen molar-refractivity contribution in [3.8, 4) is 5.75 Å². The molecule has 4 heterocycles. The van der Waals surface area contributed by atoms with Gasteiger partial charge >= 0.3 is 18.0 Å². The first kappa shape index (κ1) is 36.7. The summed E-state index contributed by atoms with van der Waals surface area (Å²) in [6.45, 7) is 6.16. The summed E-state index contributed by atoms with van der Waals surface area (Å²) in [6.07, 6.45) is -0.653. The number of nitro groups is 1. The number of esters is 2. The molecule has 4 fully saturated rings. The monoisotopic (exact) mass is 757 g/mol. The second kappa shape index (κ2) is 13.8. The molecule has 3 N–H and O–H groups in total. The lowest BCUT2D eigenvalue weighted by Gasteiger charge is -2.44. The third-order valence-electron chi connectivity index (χ3n) is 9.18. The van der Waals surface area contributed by atoms with Crippen molar-refractivity contribution in [3.05, 3.63) is 69.8 Å². The van der Waals surface area contributed by atoms with E-state index >= 15 is 0 Å². The second-order valence-electron chi connectivity index (χ2n) is 13.5. The predicted molar refractivity (Wildman–Crippen MR) is 183 cm³/mol. The van der Waals surface area contributed by atoms with Gasteiger partial charge in [-0.15, -0.1) is 23.5 Å². The largest absolute Gasteiger partial charge is 0.508 e. The lowest BCUT2D eigenvalue weighted by atomic mass is 9.95. The number of nitrogens with zero attached hydrogens (tertiary/aromatic N) is 3. The standard InChI is InChI=1S/C33H35N5O12S2/c1-32(2)24(36-20(40)13-21(36)51-32)29(43)49-15-50-30(44)25-33(3,4)52-28-23(27(42)37(25)28)34-26(41)22(17-7-11-19(39)12-8-17)35-31(45)48-14-16-5-9-18(10-6-16)38(46)47/h5-12,21-25,28,39H,13-15H2,1-4H3,(H,34,41)(H,35,45)/t21-,22?,23-,24+,25+,28-/m1/s1. The Hall–Kier alpha value is -5.04. The third-order valence-corrected chi connectivity index (χ3v) is 12.2. The van der Waals surface area contributed by atoms with E-state index in [1.807, 2.05) is 13.8 Å². The first-order valence-corrected chi connectivity index (χ1v) is 17.8. The fourth-order valence-corrected chi connectivity index (χ4v) is 9.85. The number of non-ortho nitro benzene ring substituents is 1. The first-order valence-electron chi connectivity index (χ1n) is 16.1. The average Bonchev–Trinajstić information content (AvgIpc) is 3.47. The molecule has 0 aromatic heterocycles. The summed E-state index contributed by atoms with van der Waals surface area (Å²) in [5.41, 5.74) is 0.577. The maximum Gasteiger partial charge on any atom is 0.408 e. The molecule has 4 amide bonds. The summed E-state index contributed by atoms with van der Waals surface area (Å²) in [6, 6.07) is 6.43. The van der Waals surface area contributed by atoms with Crippen LogP contribution in [0.25, 0.3) is 0 Å². The minimum absolute atomic E-state index is 0.0907. The van der Waals surface area contributed by atoms with Crippen LogP contribution in [0.4, 0.5) is 10.5 Å². The molecule has 6 atom stereocenters. The van der Waals surface area contributed by atoms with E-state index in [0.717, 1.165) is 0 Å². The Morgan fingerprint density at radius 3 is 2.12 bits per heavy atom. The highest BCUT2D eigenvalue weighted by Gasteiger charge is 2.65. The molecule has 4 aliphatic heterocycles. The topological polar surface area (TPSA) is 224 Å². The van der Waals surface area contributed by atoms with Gasteiger partial charge in [0.05, 0.1) is 16.7 Å². The van der Waals surface area contributed by atoms with Gasteiger partial charge in [-0.25, -0.2) is 14.4 Å². The molecule has 1 unspecified atom stereocenters. The highest BCUT2D eigenvalue weighted by molar-refractivity contribution is 8.02. The molecule has 0 spiro atoms. The van der Waals surface area contributed by atoms with E-state index in [1.54, 1.807) is 13.8 Å². The lowest BCUT2D eigenvalue weighted by Crippen LogP contribution is -2.71. The van der Waals surface area contributed by atoms with Crippen LogP contribution in [0.2, 0.25) is 0 Å². The van der Waals surface area contributed by atoms with Crippen LogP contribution in [0.1, 0.15) is 51.3 Å². The van der Waals surface area contributed by atoms with E-state index in [9.17, 15) is 44.0 Å². The zero-order valence-electron chi connectivity index (χ0n) is 28.3. The second-order valence-corrected chi connectivity index (χ2v) is 17.1. The van der Waals surface area contributed by atoms with E-state index in [0.29, 0.717) is 12.0 Å². The Balaban J connectivity index is 1.06. The number of carbonyl (C=O) groups is 6. The minimum atomic E-state index is -1.37. The van der Waals surface area contributed by atoms with E-state index in [2.05, 4.69) is 10.6 Å². The number of phenols is 1. The van der Waals surface area contributed by atoms with Crippen molar-refractivity contribution in [2.45, 2.75) is 85.1 Å². The number of thioether (sulfide) groups is 2. The maximum atomic E-state index is 13.6. The van der Waals surface area contributed by atoms with Crippen molar-refractivity contribution in [2.75, 3.05) is 6.79 Å². The number of aromatic hydroxyl groups is 1. The van der Waals surface area contributed by atoms with Gasteiger partial charge in [-0.05, 0) is 63.1 Å². The molecular formula is C33H35N5O12S2. The lowest BCUT2D eigenvalue weighted by molar-refractivity contribution is -0.384. The fraction of sp³-hybridized carbons (Fsp3) is 0.455. The van der Waals surface area contributed by atoms with Gasteiger partial charge in [0, 0.05) is 21.6 Å². The van der Waals surface area contributed by atoms with Crippen molar-refractivity contribution in [1.29, 1.82) is 0 Å². The number of hydrogen-bond donors (Lipinski definition) is 3. The van der Waals surface area contributed by atoms with Crippen molar-refractivity contribution < 1.29 is 53.0 Å². The number of amides is 4. The van der Waals surface area contributed by atoms with Gasteiger partial charge in [0.2, 0.25) is 24.5 Å². The molecule has 4 saturated heterocycles. The Morgan fingerprint density at radius 2 is 1.52 bits per heavy atom. The quantitative estimate of drug-likeness (QED) is 0.0984. The number of β-lactam (4-membered cyclic amide) rings is 2. The number of ether oxygens (including phenoxy) is 3. The number of carbonyl (C=O) groups excluding carboxylic acids is 6. The molecule has 276 valence electrons. The normalized spacial score (nSPS) is 25.4. The highest BCUT2D eigenvalue weighted by atomic mass is 32.2. The molecule has 4 aliphatic rings. The molecule has 6 rings (SSSR count). The van der Waals surface area contributed by atoms with Crippen LogP contribution >= 0.6 is 23.5 Å². The minimum Gasteiger partial charge on any atom is -0.508 e.